The molecule has 1 saturated carbocycles. The molecule has 1 aliphatic carbocycles. The molecule has 2 aromatic carbocycles. The van der Waals surface area contributed by atoms with E-state index in [2.05, 4.69) is 22.0 Å². The molecule has 4 nitrogen and oxygen atoms in total. The summed E-state index contributed by atoms with van der Waals surface area (Å²) in [4.78, 5) is 24.2. The van der Waals surface area contributed by atoms with Gasteiger partial charge in [-0.25, -0.2) is 0 Å². The van der Waals surface area contributed by atoms with Crippen LogP contribution in [0.1, 0.15) is 29.5 Å². The number of ether oxygens (including phenoxy) is 1. The van der Waals surface area contributed by atoms with Crippen molar-refractivity contribution in [1.29, 1.82) is 5.26 Å². The minimum Gasteiger partial charge on any atom is -0.460 e. The quantitative estimate of drug-likeness (QED) is 0.755. The Morgan fingerprint density at radius 3 is 2.54 bits per heavy atom. The van der Waals surface area contributed by atoms with E-state index in [4.69, 9.17) is 4.74 Å². The second-order valence-corrected chi connectivity index (χ2v) is 6.75. The highest BCUT2D eigenvalue weighted by atomic mass is 79.9. The van der Waals surface area contributed by atoms with Crippen molar-refractivity contribution in [3.05, 3.63) is 69.7 Å². The molecule has 3 rings (SSSR count). The van der Waals surface area contributed by atoms with E-state index in [1.54, 1.807) is 18.2 Å². The van der Waals surface area contributed by atoms with Gasteiger partial charge in [0.1, 0.15) is 17.8 Å². The third-order valence-electron chi connectivity index (χ3n) is 4.27. The lowest BCUT2D eigenvalue weighted by Crippen LogP contribution is -2.49. The Hall–Kier alpha value is -2.45. The van der Waals surface area contributed by atoms with Gasteiger partial charge in [0.25, 0.3) is 0 Å². The Kier molecular flexibility index (Phi) is 4.50. The predicted molar refractivity (Wildman–Crippen MR) is 91.0 cm³/mol. The number of nitriles is 1. The molecule has 0 heterocycles. The maximum Gasteiger partial charge on any atom is 0.317 e. The van der Waals surface area contributed by atoms with Crippen LogP contribution in [0.25, 0.3) is 0 Å². The normalized spacial score (nSPS) is 15.2. The van der Waals surface area contributed by atoms with Crippen molar-refractivity contribution in [3.8, 4) is 6.07 Å². The lowest BCUT2D eigenvalue weighted by atomic mass is 9.63. The van der Waals surface area contributed by atoms with Crippen LogP contribution in [0.5, 0.6) is 0 Å². The van der Waals surface area contributed by atoms with Gasteiger partial charge >= 0.3 is 5.97 Å². The zero-order chi connectivity index (χ0) is 17.2. The Morgan fingerprint density at radius 2 is 1.92 bits per heavy atom. The molecule has 0 aliphatic heterocycles. The second-order valence-electron chi connectivity index (χ2n) is 5.83. The average Bonchev–Trinajstić information content (AvgIpc) is 2.58. The first-order chi connectivity index (χ1) is 11.5. The summed E-state index contributed by atoms with van der Waals surface area (Å²) in [5.74, 6) is -0.364. The molecule has 24 heavy (non-hydrogen) atoms. The molecule has 0 amide bonds. The number of halogens is 1. The summed E-state index contributed by atoms with van der Waals surface area (Å²) >= 11 is 3.31. The minimum atomic E-state index is -0.888. The van der Waals surface area contributed by atoms with Gasteiger partial charge in [0.2, 0.25) is 0 Å². The number of carbonyl (C=O) groups excluding carboxylic acids is 2. The van der Waals surface area contributed by atoms with E-state index in [0.717, 1.165) is 10.0 Å². The zero-order valence-electron chi connectivity index (χ0n) is 12.8. The minimum absolute atomic E-state index is 0.0117. The fraction of sp³-hybridized carbons (Fsp3) is 0.211. The number of carbonyl (C=O) groups is 2. The smallest absolute Gasteiger partial charge is 0.317 e. The summed E-state index contributed by atoms with van der Waals surface area (Å²) in [5.41, 5.74) is 1.00. The molecule has 0 unspecified atom stereocenters. The van der Waals surface area contributed by atoms with Gasteiger partial charge in [-0.05, 0) is 17.7 Å². The van der Waals surface area contributed by atoms with Crippen LogP contribution >= 0.6 is 15.9 Å². The van der Waals surface area contributed by atoms with Gasteiger partial charge in [-0.2, -0.15) is 5.26 Å². The lowest BCUT2D eigenvalue weighted by Gasteiger charge is -2.38. The Morgan fingerprint density at radius 1 is 1.21 bits per heavy atom. The first-order valence-electron chi connectivity index (χ1n) is 7.48. The summed E-state index contributed by atoms with van der Waals surface area (Å²) < 4.78 is 6.25. The molecular weight excluding hydrogens is 370 g/mol. The maximum absolute atomic E-state index is 12.7. The van der Waals surface area contributed by atoms with Crippen LogP contribution in [0.15, 0.2) is 53.0 Å². The van der Waals surface area contributed by atoms with Crippen molar-refractivity contribution in [2.24, 2.45) is 0 Å². The number of ketones is 1. The van der Waals surface area contributed by atoms with Crippen molar-refractivity contribution in [3.63, 3.8) is 0 Å². The van der Waals surface area contributed by atoms with Crippen molar-refractivity contribution < 1.29 is 14.3 Å². The summed E-state index contributed by atoms with van der Waals surface area (Å²) in [6.45, 7) is 0.0117. The SMILES string of the molecule is N#Cc1cc(Br)ccc1COC(=O)C1(c2ccccc2)CC(=O)C1. The molecule has 2 aromatic rings. The monoisotopic (exact) mass is 383 g/mol. The van der Waals surface area contributed by atoms with Gasteiger partial charge in [-0.3, -0.25) is 9.59 Å². The molecular formula is C19H14BrNO3. The molecule has 0 spiro atoms. The predicted octanol–water partition coefficient (Wildman–Crippen LogP) is 3.66. The first kappa shape index (κ1) is 16.4. The van der Waals surface area contributed by atoms with Gasteiger partial charge in [-0.1, -0.05) is 52.3 Å². The van der Waals surface area contributed by atoms with Gasteiger partial charge in [0, 0.05) is 22.9 Å². The van der Waals surface area contributed by atoms with E-state index in [1.165, 1.54) is 0 Å². The summed E-state index contributed by atoms with van der Waals surface area (Å²) in [6, 6.07) is 16.5. The molecule has 0 saturated heterocycles. The van der Waals surface area contributed by atoms with E-state index in [0.29, 0.717) is 11.1 Å². The van der Waals surface area contributed by atoms with Gasteiger partial charge in [0.15, 0.2) is 0 Å². The highest BCUT2D eigenvalue weighted by Crippen LogP contribution is 2.42. The molecule has 0 bridgehead atoms. The van der Waals surface area contributed by atoms with Crippen LogP contribution < -0.4 is 0 Å². The van der Waals surface area contributed by atoms with Crippen LogP contribution in [0.4, 0.5) is 0 Å². The van der Waals surface area contributed by atoms with E-state index in [9.17, 15) is 14.9 Å². The van der Waals surface area contributed by atoms with Crippen LogP contribution in [0.2, 0.25) is 0 Å². The van der Waals surface area contributed by atoms with Crippen LogP contribution in [0.3, 0.4) is 0 Å². The maximum atomic E-state index is 12.7. The van der Waals surface area contributed by atoms with Gasteiger partial charge < -0.3 is 4.74 Å². The van der Waals surface area contributed by atoms with Crippen molar-refractivity contribution in [2.45, 2.75) is 24.9 Å². The average molecular weight is 384 g/mol. The zero-order valence-corrected chi connectivity index (χ0v) is 14.4. The Labute approximate surface area is 148 Å². The van der Waals surface area contributed by atoms with E-state index in [1.807, 2.05) is 30.3 Å². The Balaban J connectivity index is 1.79. The van der Waals surface area contributed by atoms with E-state index in [-0.39, 0.29) is 25.2 Å². The third-order valence-corrected chi connectivity index (χ3v) is 4.76. The lowest BCUT2D eigenvalue weighted by molar-refractivity contribution is -0.160. The van der Waals surface area contributed by atoms with Gasteiger partial charge in [-0.15, -0.1) is 0 Å². The fourth-order valence-electron chi connectivity index (χ4n) is 2.90. The van der Waals surface area contributed by atoms with Crippen LogP contribution in [-0.4, -0.2) is 11.8 Å². The molecule has 120 valence electrons. The number of rotatable bonds is 4. The first-order valence-corrected chi connectivity index (χ1v) is 8.27. The number of nitrogens with zero attached hydrogens (tertiary/aromatic N) is 1. The van der Waals surface area contributed by atoms with Crippen molar-refractivity contribution in [1.82, 2.24) is 0 Å². The van der Waals surface area contributed by atoms with Crippen molar-refractivity contribution >= 4 is 27.7 Å². The highest BCUT2D eigenvalue weighted by molar-refractivity contribution is 9.10. The van der Waals surface area contributed by atoms with E-state index < -0.39 is 11.4 Å². The number of Topliss-reactive ketones (excluding diaryl/α,β-unsaturated/α-hetero) is 1. The Bertz CT molecular complexity index is 831. The molecule has 1 aliphatic rings. The number of esters is 1. The fourth-order valence-corrected chi connectivity index (χ4v) is 3.27. The molecule has 5 heteroatoms. The number of hydrogen-bond donors (Lipinski definition) is 0. The molecule has 0 aromatic heterocycles. The standard InChI is InChI=1S/C19H14BrNO3/c20-16-7-6-13(14(8-16)11-21)12-24-18(23)19(9-17(22)10-19)15-4-2-1-3-5-15/h1-8H,9-10,12H2. The second kappa shape index (κ2) is 6.58. The molecule has 0 radical (unpaired) electrons. The number of hydrogen-bond acceptors (Lipinski definition) is 4. The largest absolute Gasteiger partial charge is 0.460 e. The van der Waals surface area contributed by atoms with Gasteiger partial charge in [0.05, 0.1) is 11.6 Å². The number of benzene rings is 2. The summed E-state index contributed by atoms with van der Waals surface area (Å²) in [7, 11) is 0. The van der Waals surface area contributed by atoms with Crippen LogP contribution in [-0.2, 0) is 26.3 Å². The van der Waals surface area contributed by atoms with Crippen molar-refractivity contribution in [2.75, 3.05) is 0 Å². The summed E-state index contributed by atoms with van der Waals surface area (Å²) in [5, 5.41) is 9.18. The van der Waals surface area contributed by atoms with Crippen LogP contribution in [0, 0.1) is 11.3 Å². The molecule has 1 fully saturated rings. The molecule has 0 atom stereocenters. The highest BCUT2D eigenvalue weighted by Gasteiger charge is 2.52. The topological polar surface area (TPSA) is 67.2 Å². The summed E-state index contributed by atoms with van der Waals surface area (Å²) in [6.07, 6.45) is 0.336. The third kappa shape index (κ3) is 2.98. The molecule has 0 N–H and O–H groups in total. The van der Waals surface area contributed by atoms with E-state index >= 15 is 0 Å².